The Labute approximate surface area is 180 Å². The normalized spacial score (nSPS) is 27.7. The molecule has 2 amide bonds. The molecule has 0 aromatic carbocycles. The Morgan fingerprint density at radius 1 is 1.17 bits per heavy atom. The fourth-order valence-electron chi connectivity index (χ4n) is 3.76. The van der Waals surface area contributed by atoms with Crippen LogP contribution in [0.2, 0.25) is 0 Å². The molecule has 1 unspecified atom stereocenters. The van der Waals surface area contributed by atoms with Crippen LogP contribution in [0.3, 0.4) is 0 Å². The minimum absolute atomic E-state index is 0.0283. The van der Waals surface area contributed by atoms with E-state index in [2.05, 4.69) is 13.8 Å². The second-order valence-electron chi connectivity index (χ2n) is 8.34. The average molecular weight is 433 g/mol. The minimum Gasteiger partial charge on any atom is -0.388 e. The first-order valence-electron chi connectivity index (χ1n) is 10.7. The molecular formula is C21H40N2O7. The van der Waals surface area contributed by atoms with Gasteiger partial charge in [0.1, 0.15) is 24.9 Å². The van der Waals surface area contributed by atoms with Gasteiger partial charge >= 0.3 is 0 Å². The van der Waals surface area contributed by atoms with E-state index in [1.807, 2.05) is 4.90 Å². The monoisotopic (exact) mass is 432 g/mol. The second kappa shape index (κ2) is 13.9. The van der Waals surface area contributed by atoms with E-state index in [0.717, 1.165) is 19.3 Å². The van der Waals surface area contributed by atoms with Crippen LogP contribution in [-0.2, 0) is 23.8 Å². The first-order valence-corrected chi connectivity index (χ1v) is 10.7. The maximum absolute atomic E-state index is 12.8. The smallest absolute Gasteiger partial charge is 0.248 e. The van der Waals surface area contributed by atoms with Gasteiger partial charge in [-0.1, -0.05) is 13.8 Å². The Bertz CT molecular complexity index is 518. The molecule has 9 nitrogen and oxygen atoms in total. The van der Waals surface area contributed by atoms with Crippen LogP contribution in [0.25, 0.3) is 0 Å². The summed E-state index contributed by atoms with van der Waals surface area (Å²) < 4.78 is 15.9. The van der Waals surface area contributed by atoms with E-state index in [4.69, 9.17) is 14.2 Å². The van der Waals surface area contributed by atoms with Crippen molar-refractivity contribution in [2.75, 3.05) is 53.7 Å². The van der Waals surface area contributed by atoms with Crippen molar-refractivity contribution in [2.45, 2.75) is 64.4 Å². The predicted octanol–water partition coefficient (Wildman–Crippen LogP) is 0.272. The van der Waals surface area contributed by atoms with Crippen molar-refractivity contribution in [2.24, 2.45) is 5.92 Å². The van der Waals surface area contributed by atoms with Crippen LogP contribution in [0.4, 0.5) is 0 Å². The molecule has 1 rings (SSSR count). The molecule has 0 aromatic heterocycles. The molecule has 1 aliphatic rings. The SMILES string of the molecule is COCC(=O)N1C[C@H](CC(C)C)N(C(C)=O)CCCCOCC(O)[C@@H](O)[C@H](OC)C1. The van der Waals surface area contributed by atoms with Crippen LogP contribution >= 0.6 is 0 Å². The number of rotatable bonds is 5. The number of carbonyl (C=O) groups is 2. The van der Waals surface area contributed by atoms with Gasteiger partial charge in [0.15, 0.2) is 0 Å². The third-order valence-corrected chi connectivity index (χ3v) is 5.34. The zero-order chi connectivity index (χ0) is 22.7. The summed E-state index contributed by atoms with van der Waals surface area (Å²) in [5, 5.41) is 20.8. The Morgan fingerprint density at radius 3 is 2.43 bits per heavy atom. The van der Waals surface area contributed by atoms with Gasteiger partial charge in [-0.15, -0.1) is 0 Å². The number of ether oxygens (including phenoxy) is 3. The number of carbonyl (C=O) groups excluding carboxylic acids is 2. The van der Waals surface area contributed by atoms with Gasteiger partial charge in [-0.05, 0) is 25.2 Å². The maximum atomic E-state index is 12.8. The Kier molecular flexibility index (Phi) is 12.4. The van der Waals surface area contributed by atoms with Gasteiger partial charge in [0.2, 0.25) is 11.8 Å². The molecule has 176 valence electrons. The molecule has 0 spiro atoms. The van der Waals surface area contributed by atoms with Crippen LogP contribution in [0.5, 0.6) is 0 Å². The van der Waals surface area contributed by atoms with Crippen molar-refractivity contribution in [1.29, 1.82) is 0 Å². The van der Waals surface area contributed by atoms with E-state index in [0.29, 0.717) is 25.6 Å². The minimum atomic E-state index is -1.22. The summed E-state index contributed by atoms with van der Waals surface area (Å²) in [6.45, 7) is 6.93. The van der Waals surface area contributed by atoms with Crippen LogP contribution in [0.15, 0.2) is 0 Å². The molecule has 0 aliphatic carbocycles. The molecule has 0 aromatic rings. The highest BCUT2D eigenvalue weighted by Gasteiger charge is 2.33. The van der Waals surface area contributed by atoms with Crippen LogP contribution in [0, 0.1) is 5.92 Å². The highest BCUT2D eigenvalue weighted by atomic mass is 16.5. The fourth-order valence-corrected chi connectivity index (χ4v) is 3.76. The van der Waals surface area contributed by atoms with Crippen molar-refractivity contribution in [3.8, 4) is 0 Å². The quantitative estimate of drug-likeness (QED) is 0.642. The second-order valence-corrected chi connectivity index (χ2v) is 8.34. The molecule has 0 radical (unpaired) electrons. The lowest BCUT2D eigenvalue weighted by Crippen LogP contribution is -2.54. The van der Waals surface area contributed by atoms with Crippen molar-refractivity contribution < 1.29 is 34.0 Å². The van der Waals surface area contributed by atoms with Crippen LogP contribution < -0.4 is 0 Å². The first kappa shape index (κ1) is 26.8. The summed E-state index contributed by atoms with van der Waals surface area (Å²) >= 11 is 0. The van der Waals surface area contributed by atoms with E-state index < -0.39 is 18.3 Å². The number of methoxy groups -OCH3 is 2. The van der Waals surface area contributed by atoms with E-state index in [-0.39, 0.29) is 37.6 Å². The summed E-state index contributed by atoms with van der Waals surface area (Å²) in [5.41, 5.74) is 0. The molecule has 9 heteroatoms. The number of aliphatic hydroxyl groups excluding tert-OH is 2. The molecule has 0 saturated carbocycles. The van der Waals surface area contributed by atoms with Crippen LogP contribution in [-0.4, -0.2) is 110 Å². The van der Waals surface area contributed by atoms with Crippen LogP contribution in [0.1, 0.15) is 40.0 Å². The summed E-state index contributed by atoms with van der Waals surface area (Å²) in [7, 11) is 2.87. The molecule has 1 aliphatic heterocycles. The summed E-state index contributed by atoms with van der Waals surface area (Å²) in [6, 6.07) is -0.174. The van der Waals surface area contributed by atoms with Gasteiger partial charge in [-0.3, -0.25) is 9.59 Å². The highest BCUT2D eigenvalue weighted by Crippen LogP contribution is 2.17. The van der Waals surface area contributed by atoms with Crippen molar-refractivity contribution >= 4 is 11.8 Å². The van der Waals surface area contributed by atoms with Crippen molar-refractivity contribution in [3.63, 3.8) is 0 Å². The summed E-state index contributed by atoms with van der Waals surface area (Å²) in [4.78, 5) is 28.6. The zero-order valence-corrected chi connectivity index (χ0v) is 19.1. The predicted molar refractivity (Wildman–Crippen MR) is 112 cm³/mol. The standard InChI is InChI=1S/C21H40N2O7/c1-15(2)10-17-11-22(20(26)14-28-4)12-19(29-5)21(27)18(25)13-30-9-7-6-8-23(17)16(3)24/h15,17-19,21,25,27H,6-14H2,1-5H3/t17-,18?,19+,21+/m0/s1. The van der Waals surface area contributed by atoms with E-state index in [9.17, 15) is 19.8 Å². The number of hydrogen-bond acceptors (Lipinski definition) is 7. The Morgan fingerprint density at radius 2 is 1.87 bits per heavy atom. The van der Waals surface area contributed by atoms with Gasteiger partial charge in [-0.2, -0.15) is 0 Å². The third-order valence-electron chi connectivity index (χ3n) is 5.34. The summed E-state index contributed by atoms with van der Waals surface area (Å²) in [6.07, 6.45) is -0.950. The van der Waals surface area contributed by atoms with Gasteiger partial charge < -0.3 is 34.2 Å². The van der Waals surface area contributed by atoms with E-state index in [1.54, 1.807) is 11.8 Å². The third kappa shape index (κ3) is 8.85. The van der Waals surface area contributed by atoms with Gasteiger partial charge in [0.05, 0.1) is 6.61 Å². The summed E-state index contributed by atoms with van der Waals surface area (Å²) in [5.74, 6) is 0.0254. The molecule has 1 heterocycles. The molecule has 1 saturated heterocycles. The van der Waals surface area contributed by atoms with Gasteiger partial charge in [0.25, 0.3) is 0 Å². The van der Waals surface area contributed by atoms with Crippen molar-refractivity contribution in [1.82, 2.24) is 9.80 Å². The molecule has 0 bridgehead atoms. The zero-order valence-electron chi connectivity index (χ0n) is 19.1. The lowest BCUT2D eigenvalue weighted by molar-refractivity contribution is -0.145. The molecular weight excluding hydrogens is 392 g/mol. The molecule has 2 N–H and O–H groups in total. The topological polar surface area (TPSA) is 109 Å². The van der Waals surface area contributed by atoms with E-state index >= 15 is 0 Å². The maximum Gasteiger partial charge on any atom is 0.248 e. The first-order chi connectivity index (χ1) is 14.2. The largest absolute Gasteiger partial charge is 0.388 e. The van der Waals surface area contributed by atoms with E-state index in [1.165, 1.54) is 14.2 Å². The number of amides is 2. The van der Waals surface area contributed by atoms with Gasteiger partial charge in [0, 0.05) is 53.4 Å². The highest BCUT2D eigenvalue weighted by molar-refractivity contribution is 5.78. The lowest BCUT2D eigenvalue weighted by Gasteiger charge is -2.38. The fraction of sp³-hybridized carbons (Fsp3) is 0.905. The van der Waals surface area contributed by atoms with Gasteiger partial charge in [-0.25, -0.2) is 0 Å². The Balaban J connectivity index is 3.22. The Hall–Kier alpha value is -1.26. The lowest BCUT2D eigenvalue weighted by atomic mass is 10.00. The molecule has 1 fully saturated rings. The molecule has 4 atom stereocenters. The number of aliphatic hydroxyl groups is 2. The van der Waals surface area contributed by atoms with Crippen molar-refractivity contribution in [3.05, 3.63) is 0 Å². The average Bonchev–Trinajstić information content (AvgIpc) is 2.68. The number of hydrogen-bond donors (Lipinski definition) is 2. The number of nitrogens with zero attached hydrogens (tertiary/aromatic N) is 2. The molecule has 30 heavy (non-hydrogen) atoms.